The molecular formula is C11H15F3N2O. The Labute approximate surface area is 97.1 Å². The summed E-state index contributed by atoms with van der Waals surface area (Å²) in [6.45, 7) is 1.79. The molecule has 1 aliphatic carbocycles. The first-order valence-electron chi connectivity index (χ1n) is 5.68. The van der Waals surface area contributed by atoms with Crippen molar-refractivity contribution in [3.63, 3.8) is 0 Å². The maximum atomic E-state index is 12.5. The fraction of sp³-hybridized carbons (Fsp3) is 0.727. The molecule has 0 unspecified atom stereocenters. The Morgan fingerprint density at radius 1 is 1.24 bits per heavy atom. The lowest BCUT2D eigenvalue weighted by atomic mass is 9.80. The Morgan fingerprint density at radius 2 is 1.82 bits per heavy atom. The van der Waals surface area contributed by atoms with Crippen LogP contribution < -0.4 is 5.73 Å². The van der Waals surface area contributed by atoms with Crippen molar-refractivity contribution in [3.05, 3.63) is 11.3 Å². The van der Waals surface area contributed by atoms with Crippen LogP contribution >= 0.6 is 0 Å². The number of nitrogens with zero attached hydrogens (tertiary/aromatic N) is 1. The van der Waals surface area contributed by atoms with Gasteiger partial charge in [-0.15, -0.1) is 0 Å². The third-order valence-electron chi connectivity index (χ3n) is 3.56. The predicted octanol–water partition coefficient (Wildman–Crippen LogP) is 3.40. The van der Waals surface area contributed by atoms with Gasteiger partial charge in [-0.2, -0.15) is 13.2 Å². The molecule has 1 fully saturated rings. The van der Waals surface area contributed by atoms with E-state index in [1.54, 1.807) is 6.92 Å². The van der Waals surface area contributed by atoms with Crippen molar-refractivity contribution >= 4 is 5.82 Å². The highest BCUT2D eigenvalue weighted by atomic mass is 19.4. The molecule has 3 nitrogen and oxygen atoms in total. The zero-order valence-electron chi connectivity index (χ0n) is 9.55. The molecule has 0 radical (unpaired) electrons. The van der Waals surface area contributed by atoms with Crippen molar-refractivity contribution in [1.82, 2.24) is 5.16 Å². The zero-order chi connectivity index (χ0) is 12.6. The van der Waals surface area contributed by atoms with Crippen LogP contribution in [0.15, 0.2) is 4.52 Å². The smallest absolute Gasteiger partial charge is 0.381 e. The SMILES string of the molecule is Cc1c(N)noc1C1CCC(C(F)(F)F)CC1. The second-order valence-electron chi connectivity index (χ2n) is 4.65. The molecule has 0 aromatic carbocycles. The Bertz CT molecular complexity index is 392. The summed E-state index contributed by atoms with van der Waals surface area (Å²) < 4.78 is 42.6. The van der Waals surface area contributed by atoms with Crippen molar-refractivity contribution in [2.24, 2.45) is 5.92 Å². The molecule has 1 saturated carbocycles. The monoisotopic (exact) mass is 248 g/mol. The van der Waals surface area contributed by atoms with Gasteiger partial charge in [-0.1, -0.05) is 5.16 Å². The Morgan fingerprint density at radius 3 is 2.24 bits per heavy atom. The summed E-state index contributed by atoms with van der Waals surface area (Å²) >= 11 is 0. The molecule has 96 valence electrons. The fourth-order valence-electron chi connectivity index (χ4n) is 2.43. The van der Waals surface area contributed by atoms with Crippen molar-refractivity contribution in [2.75, 3.05) is 5.73 Å². The van der Waals surface area contributed by atoms with Crippen LogP contribution in [0.5, 0.6) is 0 Å². The molecule has 2 rings (SSSR count). The van der Waals surface area contributed by atoms with Crippen LogP contribution in [-0.2, 0) is 0 Å². The van der Waals surface area contributed by atoms with Crippen LogP contribution in [0.2, 0.25) is 0 Å². The molecule has 0 aliphatic heterocycles. The molecule has 2 N–H and O–H groups in total. The highest BCUT2D eigenvalue weighted by Gasteiger charge is 2.42. The second-order valence-corrected chi connectivity index (χ2v) is 4.65. The normalized spacial score (nSPS) is 26.1. The lowest BCUT2D eigenvalue weighted by Gasteiger charge is -2.28. The molecule has 1 heterocycles. The summed E-state index contributed by atoms with van der Waals surface area (Å²) in [5.41, 5.74) is 6.32. The van der Waals surface area contributed by atoms with Gasteiger partial charge in [0.2, 0.25) is 0 Å². The van der Waals surface area contributed by atoms with Gasteiger partial charge in [0.25, 0.3) is 0 Å². The van der Waals surface area contributed by atoms with Crippen molar-refractivity contribution < 1.29 is 17.7 Å². The number of rotatable bonds is 1. The summed E-state index contributed by atoms with van der Waals surface area (Å²) in [6.07, 6.45) is -2.78. The van der Waals surface area contributed by atoms with Crippen molar-refractivity contribution in [2.45, 2.75) is 44.7 Å². The summed E-state index contributed by atoms with van der Waals surface area (Å²) in [6, 6.07) is 0. The van der Waals surface area contributed by atoms with Gasteiger partial charge in [-0.05, 0) is 32.6 Å². The van der Waals surface area contributed by atoms with Gasteiger partial charge >= 0.3 is 6.18 Å². The summed E-state index contributed by atoms with van der Waals surface area (Å²) in [5.74, 6) is -0.154. The van der Waals surface area contributed by atoms with Gasteiger partial charge in [-0.25, -0.2) is 0 Å². The minimum Gasteiger partial charge on any atom is -0.381 e. The molecule has 0 bridgehead atoms. The van der Waals surface area contributed by atoms with Gasteiger partial charge in [0.1, 0.15) is 5.76 Å². The first-order valence-corrected chi connectivity index (χ1v) is 5.68. The molecule has 0 saturated heterocycles. The first-order chi connectivity index (χ1) is 7.89. The van der Waals surface area contributed by atoms with E-state index in [1.165, 1.54) is 0 Å². The molecule has 1 aromatic rings. The van der Waals surface area contributed by atoms with E-state index in [2.05, 4.69) is 5.16 Å². The van der Waals surface area contributed by atoms with E-state index >= 15 is 0 Å². The van der Waals surface area contributed by atoms with Crippen LogP contribution in [0.4, 0.5) is 19.0 Å². The third kappa shape index (κ3) is 2.40. The van der Waals surface area contributed by atoms with Gasteiger partial charge in [0, 0.05) is 11.5 Å². The third-order valence-corrected chi connectivity index (χ3v) is 3.56. The second kappa shape index (κ2) is 4.23. The molecule has 1 aromatic heterocycles. The molecule has 0 spiro atoms. The van der Waals surface area contributed by atoms with E-state index < -0.39 is 12.1 Å². The number of nitrogen functional groups attached to an aromatic ring is 1. The standard InChI is InChI=1S/C11H15F3N2O/c1-6-9(17-16-10(6)15)7-2-4-8(5-3-7)11(12,13)14/h7-8H,2-5H2,1H3,(H2,15,16). The van der Waals surface area contributed by atoms with Gasteiger partial charge in [0.05, 0.1) is 5.92 Å². The lowest BCUT2D eigenvalue weighted by Crippen LogP contribution is -2.27. The average Bonchev–Trinajstić information content (AvgIpc) is 2.59. The first kappa shape index (κ1) is 12.3. The number of halogens is 3. The molecule has 6 heteroatoms. The number of nitrogens with two attached hydrogens (primary N) is 1. The van der Waals surface area contributed by atoms with Crippen LogP contribution in [0.3, 0.4) is 0 Å². The summed E-state index contributed by atoms with van der Waals surface area (Å²) in [7, 11) is 0. The Hall–Kier alpha value is -1.20. The summed E-state index contributed by atoms with van der Waals surface area (Å²) in [4.78, 5) is 0. The van der Waals surface area contributed by atoms with Crippen LogP contribution in [0.1, 0.15) is 42.9 Å². The largest absolute Gasteiger partial charge is 0.391 e. The van der Waals surface area contributed by atoms with Crippen LogP contribution in [0, 0.1) is 12.8 Å². The number of aromatic nitrogens is 1. The number of hydrogen-bond donors (Lipinski definition) is 1. The lowest BCUT2D eigenvalue weighted by molar-refractivity contribution is -0.182. The highest BCUT2D eigenvalue weighted by molar-refractivity contribution is 5.40. The molecule has 1 aliphatic rings. The minimum atomic E-state index is -4.07. The highest BCUT2D eigenvalue weighted by Crippen LogP contribution is 2.43. The predicted molar refractivity (Wildman–Crippen MR) is 56.4 cm³/mol. The average molecular weight is 248 g/mol. The van der Waals surface area contributed by atoms with E-state index in [1.807, 2.05) is 0 Å². The zero-order valence-corrected chi connectivity index (χ0v) is 9.55. The molecule has 0 amide bonds. The summed E-state index contributed by atoms with van der Waals surface area (Å²) in [5, 5.41) is 3.64. The van der Waals surface area contributed by atoms with E-state index in [4.69, 9.17) is 10.3 Å². The fourth-order valence-corrected chi connectivity index (χ4v) is 2.43. The van der Waals surface area contributed by atoms with Crippen molar-refractivity contribution in [1.29, 1.82) is 0 Å². The van der Waals surface area contributed by atoms with Crippen LogP contribution in [0.25, 0.3) is 0 Å². The number of hydrogen-bond acceptors (Lipinski definition) is 3. The van der Waals surface area contributed by atoms with Gasteiger partial charge < -0.3 is 10.3 Å². The van der Waals surface area contributed by atoms with Gasteiger partial charge in [-0.3, -0.25) is 0 Å². The molecule has 0 atom stereocenters. The Kier molecular flexibility index (Phi) is 3.05. The Balaban J connectivity index is 2.02. The molecular weight excluding hydrogens is 233 g/mol. The number of alkyl halides is 3. The van der Waals surface area contributed by atoms with E-state index in [9.17, 15) is 13.2 Å². The maximum Gasteiger partial charge on any atom is 0.391 e. The maximum absolute atomic E-state index is 12.5. The quantitative estimate of drug-likeness (QED) is 0.828. The van der Waals surface area contributed by atoms with E-state index in [-0.39, 0.29) is 18.8 Å². The topological polar surface area (TPSA) is 52.0 Å². The van der Waals surface area contributed by atoms with E-state index in [0.717, 1.165) is 5.56 Å². The number of anilines is 1. The minimum absolute atomic E-state index is 0.0263. The van der Waals surface area contributed by atoms with Gasteiger partial charge in [0.15, 0.2) is 5.82 Å². The van der Waals surface area contributed by atoms with E-state index in [0.29, 0.717) is 24.4 Å². The van der Waals surface area contributed by atoms with Crippen LogP contribution in [-0.4, -0.2) is 11.3 Å². The van der Waals surface area contributed by atoms with Crippen molar-refractivity contribution in [3.8, 4) is 0 Å². The molecule has 17 heavy (non-hydrogen) atoms.